The van der Waals surface area contributed by atoms with Crippen molar-refractivity contribution in [2.45, 2.75) is 52.4 Å². The Hall–Kier alpha value is -0.570. The summed E-state index contributed by atoms with van der Waals surface area (Å²) in [6.07, 6.45) is 7.28. The molecule has 0 radical (unpaired) electrons. The van der Waals surface area contributed by atoms with Crippen LogP contribution in [0.25, 0.3) is 0 Å². The molecule has 1 aliphatic carbocycles. The largest absolute Gasteiger partial charge is 0.342 e. The van der Waals surface area contributed by atoms with E-state index in [1.54, 1.807) is 0 Å². The molecule has 1 N–H and O–H groups in total. The van der Waals surface area contributed by atoms with Gasteiger partial charge in [0.15, 0.2) is 0 Å². The maximum atomic E-state index is 13.1. The van der Waals surface area contributed by atoms with E-state index in [-0.39, 0.29) is 5.41 Å². The van der Waals surface area contributed by atoms with Crippen molar-refractivity contribution < 1.29 is 4.79 Å². The topological polar surface area (TPSA) is 32.3 Å². The molecule has 3 fully saturated rings. The molecule has 0 aromatic carbocycles. The van der Waals surface area contributed by atoms with Crippen molar-refractivity contribution in [3.05, 3.63) is 0 Å². The monoisotopic (exact) mass is 264 g/mol. The maximum Gasteiger partial charge on any atom is 0.230 e. The van der Waals surface area contributed by atoms with Crippen molar-refractivity contribution in [2.24, 2.45) is 16.7 Å². The molecular formula is C16H28N2O. The summed E-state index contributed by atoms with van der Waals surface area (Å²) < 4.78 is 0. The second kappa shape index (κ2) is 4.76. The van der Waals surface area contributed by atoms with Crippen molar-refractivity contribution in [3.8, 4) is 0 Å². The van der Waals surface area contributed by atoms with Gasteiger partial charge in [-0.05, 0) is 43.6 Å². The lowest BCUT2D eigenvalue weighted by atomic mass is 9.67. The fourth-order valence-electron chi connectivity index (χ4n) is 4.47. The van der Waals surface area contributed by atoms with Crippen molar-refractivity contribution in [3.63, 3.8) is 0 Å². The van der Waals surface area contributed by atoms with Gasteiger partial charge in [-0.2, -0.15) is 0 Å². The summed E-state index contributed by atoms with van der Waals surface area (Å²) in [6, 6.07) is 0. The molecule has 0 aromatic heterocycles. The van der Waals surface area contributed by atoms with Crippen LogP contribution in [0.5, 0.6) is 0 Å². The van der Waals surface area contributed by atoms with Gasteiger partial charge in [-0.15, -0.1) is 0 Å². The smallest absolute Gasteiger partial charge is 0.230 e. The Morgan fingerprint density at radius 2 is 2.21 bits per heavy atom. The minimum absolute atomic E-state index is 0.0444. The number of nitrogens with zero attached hydrogens (tertiary/aromatic N) is 1. The van der Waals surface area contributed by atoms with E-state index in [9.17, 15) is 4.79 Å². The molecule has 0 aromatic rings. The number of fused-ring (bicyclic) bond motifs is 1. The molecular weight excluding hydrogens is 236 g/mol. The molecule has 2 heterocycles. The zero-order chi connectivity index (χ0) is 13.5. The first-order valence-corrected chi connectivity index (χ1v) is 8.10. The van der Waals surface area contributed by atoms with E-state index in [1.807, 2.05) is 0 Å². The van der Waals surface area contributed by atoms with E-state index in [4.69, 9.17) is 0 Å². The lowest BCUT2D eigenvalue weighted by Gasteiger charge is -2.40. The Morgan fingerprint density at radius 3 is 2.95 bits per heavy atom. The fraction of sp³-hybridized carbons (Fsp3) is 0.938. The van der Waals surface area contributed by atoms with Crippen LogP contribution in [0.3, 0.4) is 0 Å². The molecule has 0 bridgehead atoms. The van der Waals surface area contributed by atoms with E-state index in [0.29, 0.717) is 17.2 Å². The average Bonchev–Trinajstić information content (AvgIpc) is 3.03. The molecule has 19 heavy (non-hydrogen) atoms. The maximum absolute atomic E-state index is 13.1. The summed E-state index contributed by atoms with van der Waals surface area (Å²) in [6.45, 7) is 8.55. The number of carbonyl (C=O) groups is 1. The van der Waals surface area contributed by atoms with Crippen LogP contribution in [0, 0.1) is 16.7 Å². The molecule has 3 rings (SSSR count). The van der Waals surface area contributed by atoms with Gasteiger partial charge >= 0.3 is 0 Å². The van der Waals surface area contributed by atoms with E-state index in [2.05, 4.69) is 24.1 Å². The number of hydrogen-bond donors (Lipinski definition) is 1. The number of likely N-dealkylation sites (tertiary alicyclic amines) is 1. The molecule has 0 spiro atoms. The van der Waals surface area contributed by atoms with Gasteiger partial charge in [-0.3, -0.25) is 4.79 Å². The summed E-state index contributed by atoms with van der Waals surface area (Å²) in [5, 5.41) is 3.50. The Morgan fingerprint density at radius 1 is 1.37 bits per heavy atom. The second-order valence-corrected chi connectivity index (χ2v) is 7.37. The van der Waals surface area contributed by atoms with Gasteiger partial charge < -0.3 is 10.2 Å². The molecule has 1 saturated carbocycles. The summed E-state index contributed by atoms with van der Waals surface area (Å²) in [5.74, 6) is 1.07. The number of rotatable bonds is 2. The van der Waals surface area contributed by atoms with Gasteiger partial charge in [0.05, 0.1) is 5.41 Å². The van der Waals surface area contributed by atoms with Crippen LogP contribution in [-0.2, 0) is 4.79 Å². The lowest BCUT2D eigenvalue weighted by molar-refractivity contribution is -0.144. The summed E-state index contributed by atoms with van der Waals surface area (Å²) in [5.41, 5.74) is 0.319. The molecule has 3 aliphatic rings. The summed E-state index contributed by atoms with van der Waals surface area (Å²) in [4.78, 5) is 15.3. The number of nitrogens with one attached hydrogen (secondary N) is 1. The third kappa shape index (κ3) is 2.10. The van der Waals surface area contributed by atoms with Gasteiger partial charge in [0.1, 0.15) is 0 Å². The first-order chi connectivity index (χ1) is 9.10. The van der Waals surface area contributed by atoms with Gasteiger partial charge in [0, 0.05) is 19.6 Å². The predicted molar refractivity (Wildman–Crippen MR) is 76.9 cm³/mol. The van der Waals surface area contributed by atoms with Crippen molar-refractivity contribution >= 4 is 5.91 Å². The third-order valence-corrected chi connectivity index (χ3v) is 6.16. The van der Waals surface area contributed by atoms with Crippen LogP contribution in [0.4, 0.5) is 0 Å². The van der Waals surface area contributed by atoms with Crippen LogP contribution in [-0.4, -0.2) is 37.0 Å². The minimum atomic E-state index is -0.0444. The molecule has 3 nitrogen and oxygen atoms in total. The van der Waals surface area contributed by atoms with Crippen molar-refractivity contribution in [1.82, 2.24) is 10.2 Å². The standard InChI is InChI=1S/C16H28N2O/c1-3-15(2)8-9-18(12-15)14(19)16-7-5-4-6-13(16)10-17-11-16/h13,17H,3-12H2,1-2H3/t13-,15?,16+/m0/s1. The molecule has 2 saturated heterocycles. The minimum Gasteiger partial charge on any atom is -0.342 e. The molecule has 3 atom stereocenters. The Kier molecular flexibility index (Phi) is 3.36. The predicted octanol–water partition coefficient (Wildman–Crippen LogP) is 2.41. The Labute approximate surface area is 117 Å². The molecule has 1 unspecified atom stereocenters. The van der Waals surface area contributed by atoms with E-state index >= 15 is 0 Å². The average molecular weight is 264 g/mol. The van der Waals surface area contributed by atoms with Crippen LogP contribution in [0.2, 0.25) is 0 Å². The highest BCUT2D eigenvalue weighted by atomic mass is 16.2. The Balaban J connectivity index is 1.76. The van der Waals surface area contributed by atoms with Crippen molar-refractivity contribution in [2.75, 3.05) is 26.2 Å². The van der Waals surface area contributed by atoms with Crippen molar-refractivity contribution in [1.29, 1.82) is 0 Å². The molecule has 1 amide bonds. The molecule has 3 heteroatoms. The first-order valence-electron chi connectivity index (χ1n) is 8.10. The third-order valence-electron chi connectivity index (χ3n) is 6.16. The van der Waals surface area contributed by atoms with Gasteiger partial charge in [0.2, 0.25) is 5.91 Å². The number of hydrogen-bond acceptors (Lipinski definition) is 2. The second-order valence-electron chi connectivity index (χ2n) is 7.37. The molecule has 108 valence electrons. The zero-order valence-electron chi connectivity index (χ0n) is 12.5. The number of carbonyl (C=O) groups excluding carboxylic acids is 1. The fourth-order valence-corrected chi connectivity index (χ4v) is 4.47. The van der Waals surface area contributed by atoms with Crippen LogP contribution in [0.1, 0.15) is 52.4 Å². The Bertz CT molecular complexity index is 370. The summed E-state index contributed by atoms with van der Waals surface area (Å²) >= 11 is 0. The van der Waals surface area contributed by atoms with Crippen LogP contribution >= 0.6 is 0 Å². The highest BCUT2D eigenvalue weighted by molar-refractivity contribution is 5.84. The lowest BCUT2D eigenvalue weighted by Crippen LogP contribution is -2.49. The highest BCUT2D eigenvalue weighted by Gasteiger charge is 2.52. The SMILES string of the molecule is CCC1(C)CCN(C(=O)[C@@]23CCCC[C@H]2CNC3)C1. The normalized spacial score (nSPS) is 42.4. The van der Waals surface area contributed by atoms with E-state index in [1.165, 1.54) is 32.1 Å². The quantitative estimate of drug-likeness (QED) is 0.830. The van der Waals surface area contributed by atoms with Gasteiger partial charge in [0.25, 0.3) is 0 Å². The summed E-state index contributed by atoms with van der Waals surface area (Å²) in [7, 11) is 0. The van der Waals surface area contributed by atoms with E-state index < -0.39 is 0 Å². The van der Waals surface area contributed by atoms with Crippen LogP contribution < -0.4 is 5.32 Å². The van der Waals surface area contributed by atoms with Gasteiger partial charge in [-0.1, -0.05) is 26.7 Å². The first kappa shape index (κ1) is 13.4. The number of amides is 1. The van der Waals surface area contributed by atoms with E-state index in [0.717, 1.165) is 32.6 Å². The molecule has 2 aliphatic heterocycles. The highest BCUT2D eigenvalue weighted by Crippen LogP contribution is 2.46. The van der Waals surface area contributed by atoms with Crippen LogP contribution in [0.15, 0.2) is 0 Å². The van der Waals surface area contributed by atoms with Gasteiger partial charge in [-0.25, -0.2) is 0 Å². The zero-order valence-corrected chi connectivity index (χ0v) is 12.5.